The van der Waals surface area contributed by atoms with Crippen molar-refractivity contribution < 1.29 is 0 Å². The summed E-state index contributed by atoms with van der Waals surface area (Å²) >= 11 is 0.349. The molecule has 0 saturated carbocycles. The fourth-order valence-electron chi connectivity index (χ4n) is 4.01. The van der Waals surface area contributed by atoms with Crippen LogP contribution in [0.2, 0.25) is 0 Å². The van der Waals surface area contributed by atoms with Crippen molar-refractivity contribution >= 4 is 29.5 Å². The van der Waals surface area contributed by atoms with Crippen molar-refractivity contribution in [1.29, 1.82) is 0 Å². The minimum atomic E-state index is 0.174. The third-order valence-corrected chi connectivity index (χ3v) is 7.96. The second-order valence-electron chi connectivity index (χ2n) is 9.66. The van der Waals surface area contributed by atoms with Gasteiger partial charge < -0.3 is 0 Å². The molecule has 0 N–H and O–H groups in total. The van der Waals surface area contributed by atoms with Crippen LogP contribution in [0.3, 0.4) is 0 Å². The molecule has 0 spiro atoms. The second-order valence-corrected chi connectivity index (χ2v) is 12.1. The molecule has 3 aromatic rings. The Bertz CT molecular complexity index is 1030. The van der Waals surface area contributed by atoms with Crippen molar-refractivity contribution in [1.82, 2.24) is 0 Å². The number of rotatable bonds is 3. The monoisotopic (exact) mass is 446 g/mol. The van der Waals surface area contributed by atoms with Gasteiger partial charge in [-0.1, -0.05) is 0 Å². The molecule has 0 fully saturated rings. The van der Waals surface area contributed by atoms with Crippen molar-refractivity contribution in [3.8, 4) is 0 Å². The van der Waals surface area contributed by atoms with Crippen LogP contribution in [0.1, 0.15) is 63.3 Å². The predicted molar refractivity (Wildman–Crippen MR) is 128 cm³/mol. The number of hydrogen-bond donors (Lipinski definition) is 0. The molecule has 0 aromatic heterocycles. The van der Waals surface area contributed by atoms with Gasteiger partial charge >= 0.3 is 182 Å². The molecule has 0 amide bonds. The van der Waals surface area contributed by atoms with Crippen LogP contribution in [0.5, 0.6) is 0 Å². The van der Waals surface area contributed by atoms with Crippen LogP contribution in [0, 0.1) is 0 Å². The molecule has 148 valence electrons. The summed E-state index contributed by atoms with van der Waals surface area (Å²) < 4.78 is 2.89. The Morgan fingerprint density at radius 1 is 0.793 bits per heavy atom. The number of allylic oxidation sites excluding steroid dienone is 1. The molecule has 1 aliphatic carbocycles. The second kappa shape index (κ2) is 7.63. The quantitative estimate of drug-likeness (QED) is 0.450. The van der Waals surface area contributed by atoms with Crippen molar-refractivity contribution in [2.75, 3.05) is 0 Å². The SMILES string of the molecule is CC(C)(C)c1ccc(C2=CCC(C)(C)c3cc([Se]c4ccccc4)ccc32)cc1. The molecule has 3 aromatic carbocycles. The Kier molecular flexibility index (Phi) is 5.32. The number of hydrogen-bond acceptors (Lipinski definition) is 0. The Balaban J connectivity index is 1.71. The third-order valence-electron chi connectivity index (χ3n) is 5.87. The van der Waals surface area contributed by atoms with Crippen LogP contribution in [0.25, 0.3) is 5.57 Å². The van der Waals surface area contributed by atoms with Gasteiger partial charge in [-0.05, 0) is 0 Å². The fourth-order valence-corrected chi connectivity index (χ4v) is 5.85. The van der Waals surface area contributed by atoms with Gasteiger partial charge in [0.05, 0.1) is 0 Å². The molecule has 1 heteroatoms. The summed E-state index contributed by atoms with van der Waals surface area (Å²) in [5.74, 6) is 0. The van der Waals surface area contributed by atoms with Gasteiger partial charge in [-0.25, -0.2) is 0 Å². The topological polar surface area (TPSA) is 0 Å². The zero-order valence-electron chi connectivity index (χ0n) is 18.1. The molecule has 4 rings (SSSR count). The number of benzene rings is 3. The first kappa shape index (κ1) is 20.2. The molecule has 0 bridgehead atoms. The summed E-state index contributed by atoms with van der Waals surface area (Å²) in [6.07, 6.45) is 3.52. The summed E-state index contributed by atoms with van der Waals surface area (Å²) in [7, 11) is 0. The van der Waals surface area contributed by atoms with E-state index < -0.39 is 0 Å². The molecule has 0 unspecified atom stereocenters. The van der Waals surface area contributed by atoms with Gasteiger partial charge in [0.1, 0.15) is 0 Å². The van der Waals surface area contributed by atoms with E-state index in [9.17, 15) is 0 Å². The van der Waals surface area contributed by atoms with Crippen molar-refractivity contribution in [2.45, 2.75) is 51.9 Å². The molecule has 0 saturated heterocycles. The standard InChI is InChI=1S/C28H30Se/c1-27(2,3)21-13-11-20(12-14-21)24-17-18-28(4,5)26-19-23(15-16-25(24)26)29-22-9-7-6-8-10-22/h6-17,19H,18H2,1-5H3. The molecular formula is C28H30Se. The van der Waals surface area contributed by atoms with Gasteiger partial charge in [0, 0.05) is 0 Å². The van der Waals surface area contributed by atoms with E-state index in [1.165, 1.54) is 36.8 Å². The summed E-state index contributed by atoms with van der Waals surface area (Å²) in [6, 6.07) is 27.2. The average molecular weight is 446 g/mol. The van der Waals surface area contributed by atoms with Gasteiger partial charge in [0.2, 0.25) is 0 Å². The minimum absolute atomic E-state index is 0.174. The van der Waals surface area contributed by atoms with Crippen LogP contribution in [0.4, 0.5) is 0 Å². The average Bonchev–Trinajstić information content (AvgIpc) is 2.69. The van der Waals surface area contributed by atoms with Crippen LogP contribution < -0.4 is 8.92 Å². The predicted octanol–water partition coefficient (Wildman–Crippen LogP) is 5.75. The zero-order valence-corrected chi connectivity index (χ0v) is 19.8. The normalized spacial score (nSPS) is 15.6. The van der Waals surface area contributed by atoms with Gasteiger partial charge in [-0.15, -0.1) is 0 Å². The van der Waals surface area contributed by atoms with Gasteiger partial charge in [0.25, 0.3) is 0 Å². The first-order chi connectivity index (χ1) is 13.7. The van der Waals surface area contributed by atoms with E-state index >= 15 is 0 Å². The molecule has 0 heterocycles. The Morgan fingerprint density at radius 2 is 1.48 bits per heavy atom. The van der Waals surface area contributed by atoms with Crippen molar-refractivity contribution in [3.63, 3.8) is 0 Å². The van der Waals surface area contributed by atoms with E-state index in [0.29, 0.717) is 15.0 Å². The van der Waals surface area contributed by atoms with E-state index in [0.717, 1.165) is 6.42 Å². The van der Waals surface area contributed by atoms with Crippen LogP contribution in [-0.4, -0.2) is 15.0 Å². The first-order valence-electron chi connectivity index (χ1n) is 10.4. The maximum atomic E-state index is 2.47. The summed E-state index contributed by atoms with van der Waals surface area (Å²) in [5.41, 5.74) is 7.36. The van der Waals surface area contributed by atoms with E-state index in [2.05, 4.69) is 113 Å². The fraction of sp³-hybridized carbons (Fsp3) is 0.286. The molecule has 1 aliphatic rings. The zero-order chi connectivity index (χ0) is 20.6. The van der Waals surface area contributed by atoms with Gasteiger partial charge in [-0.3, -0.25) is 0 Å². The molecule has 0 nitrogen and oxygen atoms in total. The molecular weight excluding hydrogens is 415 g/mol. The first-order valence-corrected chi connectivity index (χ1v) is 12.1. The third kappa shape index (κ3) is 4.27. The molecule has 0 aliphatic heterocycles. The maximum absolute atomic E-state index is 2.47. The summed E-state index contributed by atoms with van der Waals surface area (Å²) in [4.78, 5) is 0. The van der Waals surface area contributed by atoms with Crippen LogP contribution in [0.15, 0.2) is 78.9 Å². The van der Waals surface area contributed by atoms with E-state index in [1.54, 1.807) is 0 Å². The van der Waals surface area contributed by atoms with Gasteiger partial charge in [-0.2, -0.15) is 0 Å². The Hall–Kier alpha value is -2.08. The molecule has 29 heavy (non-hydrogen) atoms. The molecule has 0 atom stereocenters. The van der Waals surface area contributed by atoms with E-state index in [-0.39, 0.29) is 10.8 Å². The Morgan fingerprint density at radius 3 is 2.14 bits per heavy atom. The Labute approximate surface area is 182 Å². The van der Waals surface area contributed by atoms with E-state index in [1.807, 2.05) is 0 Å². The van der Waals surface area contributed by atoms with E-state index in [4.69, 9.17) is 0 Å². The summed E-state index contributed by atoms with van der Waals surface area (Å²) in [6.45, 7) is 11.6. The molecule has 0 radical (unpaired) electrons. The van der Waals surface area contributed by atoms with Crippen LogP contribution in [-0.2, 0) is 10.8 Å². The van der Waals surface area contributed by atoms with Gasteiger partial charge in [0.15, 0.2) is 0 Å². The van der Waals surface area contributed by atoms with Crippen molar-refractivity contribution in [3.05, 3.63) is 101 Å². The number of fused-ring (bicyclic) bond motifs is 1. The van der Waals surface area contributed by atoms with Crippen LogP contribution >= 0.6 is 0 Å². The van der Waals surface area contributed by atoms with Crippen molar-refractivity contribution in [2.24, 2.45) is 0 Å². The summed E-state index contributed by atoms with van der Waals surface area (Å²) in [5, 5.41) is 0.